The lowest BCUT2D eigenvalue weighted by molar-refractivity contribution is 0.464. The van der Waals surface area contributed by atoms with E-state index in [4.69, 9.17) is 0 Å². The Hall–Kier alpha value is -2.36. The van der Waals surface area contributed by atoms with Gasteiger partial charge in [-0.1, -0.05) is 13.8 Å². The Morgan fingerprint density at radius 2 is 1.57 bits per heavy atom. The van der Waals surface area contributed by atoms with Gasteiger partial charge in [0, 0.05) is 0 Å². The Kier molecular flexibility index (Phi) is 4.26. The minimum atomic E-state index is 0.218. The quantitative estimate of drug-likeness (QED) is 0.755. The largest absolute Gasteiger partial charge is 0.508 e. The van der Waals surface area contributed by atoms with Gasteiger partial charge in [0.15, 0.2) is 0 Å². The maximum absolute atomic E-state index is 9.94. The number of hydrogen-bond acceptors (Lipinski definition) is 4. The summed E-state index contributed by atoms with van der Waals surface area (Å²) in [6, 6.07) is 8.67. The molecule has 0 saturated carbocycles. The molecule has 0 saturated heterocycles. The van der Waals surface area contributed by atoms with E-state index in [9.17, 15) is 10.2 Å². The Morgan fingerprint density at radius 3 is 2.19 bits per heavy atom. The van der Waals surface area contributed by atoms with Crippen molar-refractivity contribution in [3.8, 4) is 11.5 Å². The van der Waals surface area contributed by atoms with Gasteiger partial charge in [0.25, 0.3) is 0 Å². The van der Waals surface area contributed by atoms with Crippen LogP contribution < -0.4 is 0 Å². The van der Waals surface area contributed by atoms with Crippen molar-refractivity contribution in [1.82, 2.24) is 0 Å². The monoisotopic (exact) mass is 284 g/mol. The van der Waals surface area contributed by atoms with Crippen molar-refractivity contribution in [2.75, 3.05) is 0 Å². The summed E-state index contributed by atoms with van der Waals surface area (Å²) in [6.45, 7) is 7.75. The Bertz CT molecular complexity index is 691. The number of rotatable bonds is 3. The lowest BCUT2D eigenvalue weighted by atomic mass is 9.99. The number of phenols is 2. The van der Waals surface area contributed by atoms with Crippen LogP contribution in [0.25, 0.3) is 0 Å². The SMILES string of the molecule is Cc1cc(/N=N/c2cc(C(C)C)c(O)cc2C)ccc1O. The summed E-state index contributed by atoms with van der Waals surface area (Å²) in [7, 11) is 0. The third-order valence-corrected chi connectivity index (χ3v) is 3.42. The van der Waals surface area contributed by atoms with Crippen LogP contribution in [0.3, 0.4) is 0 Å². The van der Waals surface area contributed by atoms with Gasteiger partial charge in [0.1, 0.15) is 11.5 Å². The molecule has 0 radical (unpaired) electrons. The lowest BCUT2D eigenvalue weighted by Gasteiger charge is -2.10. The maximum Gasteiger partial charge on any atom is 0.119 e. The standard InChI is InChI=1S/C17H20N2O2/c1-10(2)14-9-15(11(3)8-17(14)21)19-18-13-5-6-16(20)12(4)7-13/h5-10,20-21H,1-4H3/b19-18+. The predicted molar refractivity (Wildman–Crippen MR) is 84.0 cm³/mol. The average Bonchev–Trinajstić information content (AvgIpc) is 2.41. The van der Waals surface area contributed by atoms with Crippen LogP contribution in [0, 0.1) is 13.8 Å². The van der Waals surface area contributed by atoms with Gasteiger partial charge in [-0.25, -0.2) is 0 Å². The van der Waals surface area contributed by atoms with Gasteiger partial charge in [0.05, 0.1) is 11.4 Å². The predicted octanol–water partition coefficient (Wildman–Crippen LogP) is 5.25. The van der Waals surface area contributed by atoms with Gasteiger partial charge < -0.3 is 10.2 Å². The van der Waals surface area contributed by atoms with Crippen LogP contribution in [0.1, 0.15) is 36.5 Å². The highest BCUT2D eigenvalue weighted by Crippen LogP contribution is 2.33. The fourth-order valence-corrected chi connectivity index (χ4v) is 2.08. The Labute approximate surface area is 124 Å². The van der Waals surface area contributed by atoms with Gasteiger partial charge in [-0.15, -0.1) is 0 Å². The molecule has 0 amide bonds. The highest BCUT2D eigenvalue weighted by Gasteiger charge is 2.09. The summed E-state index contributed by atoms with van der Waals surface area (Å²) in [5, 5.41) is 27.9. The van der Waals surface area contributed by atoms with Crippen molar-refractivity contribution >= 4 is 11.4 Å². The number of azo groups is 1. The highest BCUT2D eigenvalue weighted by atomic mass is 16.3. The first kappa shape index (κ1) is 15.0. The summed E-state index contributed by atoms with van der Waals surface area (Å²) in [6.07, 6.45) is 0. The van der Waals surface area contributed by atoms with Gasteiger partial charge in [-0.3, -0.25) is 0 Å². The topological polar surface area (TPSA) is 65.2 Å². The second-order valence-corrected chi connectivity index (χ2v) is 5.52. The van der Waals surface area contributed by atoms with Crippen LogP contribution in [0.4, 0.5) is 11.4 Å². The van der Waals surface area contributed by atoms with Crippen LogP contribution in [-0.4, -0.2) is 10.2 Å². The fourth-order valence-electron chi connectivity index (χ4n) is 2.08. The summed E-state index contributed by atoms with van der Waals surface area (Å²) in [5.41, 5.74) is 3.91. The molecule has 0 fully saturated rings. The molecule has 0 unspecified atom stereocenters. The zero-order chi connectivity index (χ0) is 15.6. The van der Waals surface area contributed by atoms with Crippen molar-refractivity contribution in [2.45, 2.75) is 33.6 Å². The molecule has 2 N–H and O–H groups in total. The third-order valence-electron chi connectivity index (χ3n) is 3.42. The molecule has 0 aliphatic rings. The molecular formula is C17H20N2O2. The molecule has 4 nitrogen and oxygen atoms in total. The smallest absolute Gasteiger partial charge is 0.119 e. The first-order valence-corrected chi connectivity index (χ1v) is 6.93. The summed E-state index contributed by atoms with van der Waals surface area (Å²) in [4.78, 5) is 0. The molecule has 0 aliphatic carbocycles. The first-order valence-electron chi connectivity index (χ1n) is 6.93. The van der Waals surface area contributed by atoms with E-state index in [0.29, 0.717) is 11.4 Å². The Morgan fingerprint density at radius 1 is 0.857 bits per heavy atom. The normalized spacial score (nSPS) is 11.5. The van der Waals surface area contributed by atoms with E-state index in [-0.39, 0.29) is 11.7 Å². The molecule has 0 heterocycles. The van der Waals surface area contributed by atoms with Crippen molar-refractivity contribution in [3.05, 3.63) is 47.0 Å². The van der Waals surface area contributed by atoms with E-state index >= 15 is 0 Å². The second-order valence-electron chi connectivity index (χ2n) is 5.52. The van der Waals surface area contributed by atoms with Gasteiger partial charge in [-0.05, 0) is 66.8 Å². The molecular weight excluding hydrogens is 264 g/mol. The van der Waals surface area contributed by atoms with Crippen molar-refractivity contribution in [3.63, 3.8) is 0 Å². The van der Waals surface area contributed by atoms with Gasteiger partial charge in [-0.2, -0.15) is 10.2 Å². The lowest BCUT2D eigenvalue weighted by Crippen LogP contribution is -1.89. The molecule has 21 heavy (non-hydrogen) atoms. The van der Waals surface area contributed by atoms with E-state index < -0.39 is 0 Å². The van der Waals surface area contributed by atoms with Crippen LogP contribution in [0.15, 0.2) is 40.6 Å². The average molecular weight is 284 g/mol. The van der Waals surface area contributed by atoms with Crippen LogP contribution in [0.5, 0.6) is 11.5 Å². The number of phenolic OH excluding ortho intramolecular Hbond substituents is 2. The molecule has 0 aromatic heterocycles. The summed E-state index contributed by atoms with van der Waals surface area (Å²) in [5.74, 6) is 0.759. The number of nitrogens with zero attached hydrogens (tertiary/aromatic N) is 2. The number of hydrogen-bond donors (Lipinski definition) is 2. The number of aromatic hydroxyl groups is 2. The molecule has 0 aliphatic heterocycles. The molecule has 4 heteroatoms. The van der Waals surface area contributed by atoms with Crippen LogP contribution in [0.2, 0.25) is 0 Å². The molecule has 0 atom stereocenters. The van der Waals surface area contributed by atoms with Crippen molar-refractivity contribution in [2.24, 2.45) is 10.2 Å². The molecule has 2 aromatic carbocycles. The second kappa shape index (κ2) is 5.95. The zero-order valence-corrected chi connectivity index (χ0v) is 12.8. The minimum absolute atomic E-state index is 0.218. The third kappa shape index (κ3) is 3.40. The Balaban J connectivity index is 2.36. The zero-order valence-electron chi connectivity index (χ0n) is 12.8. The molecule has 2 aromatic rings. The molecule has 2 rings (SSSR count). The van der Waals surface area contributed by atoms with Crippen LogP contribution in [-0.2, 0) is 0 Å². The number of aryl methyl sites for hydroxylation is 2. The van der Waals surface area contributed by atoms with E-state index in [2.05, 4.69) is 10.2 Å². The minimum Gasteiger partial charge on any atom is -0.508 e. The van der Waals surface area contributed by atoms with Crippen molar-refractivity contribution < 1.29 is 10.2 Å². The molecule has 110 valence electrons. The van der Waals surface area contributed by atoms with E-state index in [1.54, 1.807) is 24.3 Å². The van der Waals surface area contributed by atoms with E-state index in [1.165, 1.54) is 0 Å². The maximum atomic E-state index is 9.94. The molecule has 0 spiro atoms. The summed E-state index contributed by atoms with van der Waals surface area (Å²) < 4.78 is 0. The fraction of sp³-hybridized carbons (Fsp3) is 0.294. The van der Waals surface area contributed by atoms with E-state index in [0.717, 1.165) is 22.4 Å². The van der Waals surface area contributed by atoms with Gasteiger partial charge >= 0.3 is 0 Å². The highest BCUT2D eigenvalue weighted by molar-refractivity contribution is 5.54. The summed E-state index contributed by atoms with van der Waals surface area (Å²) >= 11 is 0. The number of benzene rings is 2. The van der Waals surface area contributed by atoms with E-state index in [1.807, 2.05) is 33.8 Å². The van der Waals surface area contributed by atoms with Crippen LogP contribution >= 0.6 is 0 Å². The van der Waals surface area contributed by atoms with Gasteiger partial charge in [0.2, 0.25) is 0 Å². The van der Waals surface area contributed by atoms with Crippen molar-refractivity contribution in [1.29, 1.82) is 0 Å². The first-order chi connectivity index (χ1) is 9.88. The molecule has 0 bridgehead atoms.